The van der Waals surface area contributed by atoms with Crippen LogP contribution in [0.25, 0.3) is 10.9 Å². The van der Waals surface area contributed by atoms with Crippen LogP contribution >= 0.6 is 0 Å². The molecule has 0 radical (unpaired) electrons. The van der Waals surface area contributed by atoms with Gasteiger partial charge in [-0.15, -0.1) is 0 Å². The van der Waals surface area contributed by atoms with Crippen molar-refractivity contribution in [3.05, 3.63) is 77.6 Å². The fourth-order valence-electron chi connectivity index (χ4n) is 4.84. The van der Waals surface area contributed by atoms with Gasteiger partial charge in [0.25, 0.3) is 5.91 Å². The monoisotopic (exact) mass is 469 g/mol. The Labute approximate surface area is 204 Å². The fourth-order valence-corrected chi connectivity index (χ4v) is 4.84. The molecular weight excluding hydrogens is 438 g/mol. The van der Waals surface area contributed by atoms with Crippen molar-refractivity contribution in [1.29, 1.82) is 0 Å². The number of benzene rings is 2. The maximum absolute atomic E-state index is 12.1. The second kappa shape index (κ2) is 9.76. The third kappa shape index (κ3) is 4.97. The third-order valence-electron chi connectivity index (χ3n) is 6.69. The number of amides is 1. The maximum Gasteiger partial charge on any atom is 0.254 e. The SMILES string of the molecule is Cc1cccc(Cn2ccc3c(Nc4nc(N[C@@H]5CCCC[C@@H]5N)ncc4C(N)=O)cccc32)c1. The zero-order valence-corrected chi connectivity index (χ0v) is 19.9. The van der Waals surface area contributed by atoms with Gasteiger partial charge >= 0.3 is 0 Å². The number of hydrogen-bond donors (Lipinski definition) is 4. The standard InChI is InChI=1S/C27H31N7O/c1-17-6-4-7-18(14-17)16-34-13-12-19-22(10-5-11-24(19)34)31-26-20(25(29)35)15-30-27(33-26)32-23-9-3-2-8-21(23)28/h4-7,10-15,21,23H,2-3,8-9,16,28H2,1H3,(H2,29,35)(H2,30,31,32,33)/t21-,23+/m0/s1. The quantitative estimate of drug-likeness (QED) is 0.320. The molecule has 1 fully saturated rings. The van der Waals surface area contributed by atoms with E-state index in [4.69, 9.17) is 11.5 Å². The van der Waals surface area contributed by atoms with Crippen molar-refractivity contribution >= 4 is 34.3 Å². The van der Waals surface area contributed by atoms with Crippen molar-refractivity contribution in [3.8, 4) is 0 Å². The molecule has 6 N–H and O–H groups in total. The van der Waals surface area contributed by atoms with Gasteiger partial charge in [0.1, 0.15) is 11.4 Å². The first kappa shape index (κ1) is 22.9. The molecule has 2 heterocycles. The van der Waals surface area contributed by atoms with E-state index in [1.807, 2.05) is 12.1 Å². The molecule has 2 atom stereocenters. The van der Waals surface area contributed by atoms with Gasteiger partial charge in [0.15, 0.2) is 0 Å². The first-order valence-electron chi connectivity index (χ1n) is 12.1. The Balaban J connectivity index is 1.44. The average molecular weight is 470 g/mol. The molecule has 0 saturated heterocycles. The summed E-state index contributed by atoms with van der Waals surface area (Å²) in [6, 6.07) is 16.8. The molecule has 0 spiro atoms. The van der Waals surface area contributed by atoms with Gasteiger partial charge in [-0.2, -0.15) is 4.98 Å². The number of nitrogens with two attached hydrogens (primary N) is 2. The molecule has 2 aromatic heterocycles. The number of rotatable bonds is 7. The van der Waals surface area contributed by atoms with Crippen molar-refractivity contribution < 1.29 is 4.79 Å². The van der Waals surface area contributed by atoms with E-state index >= 15 is 0 Å². The number of aryl methyl sites for hydroxylation is 1. The summed E-state index contributed by atoms with van der Waals surface area (Å²) in [5.41, 5.74) is 16.6. The van der Waals surface area contributed by atoms with Gasteiger partial charge < -0.3 is 26.7 Å². The Morgan fingerprint density at radius 2 is 1.97 bits per heavy atom. The van der Waals surface area contributed by atoms with Crippen LogP contribution in [0.1, 0.15) is 47.2 Å². The van der Waals surface area contributed by atoms with E-state index in [9.17, 15) is 4.79 Å². The first-order chi connectivity index (χ1) is 17.0. The Morgan fingerprint density at radius 3 is 2.77 bits per heavy atom. The minimum atomic E-state index is -0.586. The van der Waals surface area contributed by atoms with E-state index in [0.29, 0.717) is 11.8 Å². The molecule has 8 nitrogen and oxygen atoms in total. The zero-order valence-electron chi connectivity index (χ0n) is 19.9. The van der Waals surface area contributed by atoms with Crippen LogP contribution in [0.4, 0.5) is 17.5 Å². The third-order valence-corrected chi connectivity index (χ3v) is 6.69. The highest BCUT2D eigenvalue weighted by molar-refractivity contribution is 6.00. The summed E-state index contributed by atoms with van der Waals surface area (Å²) in [6.07, 6.45) is 7.75. The van der Waals surface area contributed by atoms with E-state index in [1.54, 1.807) is 0 Å². The molecule has 0 unspecified atom stereocenters. The number of carbonyl (C=O) groups excluding carboxylic acids is 1. The van der Waals surface area contributed by atoms with Crippen molar-refractivity contribution in [2.45, 2.75) is 51.2 Å². The lowest BCUT2D eigenvalue weighted by Crippen LogP contribution is -2.43. The zero-order chi connectivity index (χ0) is 24.4. The van der Waals surface area contributed by atoms with E-state index < -0.39 is 5.91 Å². The Bertz CT molecular complexity index is 1360. The highest BCUT2D eigenvalue weighted by Crippen LogP contribution is 2.29. The molecule has 2 aromatic carbocycles. The summed E-state index contributed by atoms with van der Waals surface area (Å²) in [6.45, 7) is 2.87. The normalized spacial score (nSPS) is 17.9. The van der Waals surface area contributed by atoms with Crippen LogP contribution in [0.3, 0.4) is 0 Å². The van der Waals surface area contributed by atoms with Crippen molar-refractivity contribution in [1.82, 2.24) is 14.5 Å². The number of fused-ring (bicyclic) bond motifs is 1. The lowest BCUT2D eigenvalue weighted by molar-refractivity contribution is 0.100. The molecule has 4 aromatic rings. The number of nitrogens with one attached hydrogen (secondary N) is 2. The summed E-state index contributed by atoms with van der Waals surface area (Å²) in [7, 11) is 0. The average Bonchev–Trinajstić information content (AvgIpc) is 3.24. The predicted molar refractivity (Wildman–Crippen MR) is 140 cm³/mol. The van der Waals surface area contributed by atoms with Gasteiger partial charge in [0.05, 0.1) is 5.52 Å². The molecule has 35 heavy (non-hydrogen) atoms. The number of nitrogens with zero attached hydrogens (tertiary/aromatic N) is 3. The van der Waals surface area contributed by atoms with Gasteiger partial charge in [0.2, 0.25) is 5.95 Å². The number of anilines is 3. The highest BCUT2D eigenvalue weighted by Gasteiger charge is 2.23. The fraction of sp³-hybridized carbons (Fsp3) is 0.296. The van der Waals surface area contributed by atoms with Crippen LogP contribution in [-0.2, 0) is 6.54 Å². The first-order valence-corrected chi connectivity index (χ1v) is 12.1. The lowest BCUT2D eigenvalue weighted by atomic mass is 9.91. The Morgan fingerprint density at radius 1 is 1.14 bits per heavy atom. The van der Waals surface area contributed by atoms with Crippen LogP contribution < -0.4 is 22.1 Å². The summed E-state index contributed by atoms with van der Waals surface area (Å²) in [4.78, 5) is 21.1. The van der Waals surface area contributed by atoms with Crippen molar-refractivity contribution in [2.24, 2.45) is 11.5 Å². The molecule has 1 aliphatic rings. The minimum absolute atomic E-state index is 0.0569. The molecule has 0 aliphatic heterocycles. The molecule has 1 aliphatic carbocycles. The summed E-state index contributed by atoms with van der Waals surface area (Å²) >= 11 is 0. The summed E-state index contributed by atoms with van der Waals surface area (Å²) < 4.78 is 2.21. The molecule has 8 heteroatoms. The van der Waals surface area contributed by atoms with Crippen molar-refractivity contribution in [2.75, 3.05) is 10.6 Å². The molecular formula is C27H31N7O. The second-order valence-electron chi connectivity index (χ2n) is 9.32. The minimum Gasteiger partial charge on any atom is -0.365 e. The number of aromatic nitrogens is 3. The second-order valence-corrected chi connectivity index (χ2v) is 9.32. The molecule has 1 saturated carbocycles. The predicted octanol–water partition coefficient (Wildman–Crippen LogP) is 4.31. The van der Waals surface area contributed by atoms with Crippen LogP contribution in [0, 0.1) is 6.92 Å². The number of hydrogen-bond acceptors (Lipinski definition) is 6. The Kier molecular flexibility index (Phi) is 6.37. The van der Waals surface area contributed by atoms with E-state index in [1.165, 1.54) is 17.3 Å². The largest absolute Gasteiger partial charge is 0.365 e. The Hall–Kier alpha value is -3.91. The van der Waals surface area contributed by atoms with Crippen LogP contribution in [0.5, 0.6) is 0 Å². The highest BCUT2D eigenvalue weighted by atomic mass is 16.1. The summed E-state index contributed by atoms with van der Waals surface area (Å²) in [5.74, 6) is 0.222. The van der Waals surface area contributed by atoms with Crippen LogP contribution in [-0.4, -0.2) is 32.5 Å². The van der Waals surface area contributed by atoms with Gasteiger partial charge in [0, 0.05) is 42.1 Å². The molecule has 0 bridgehead atoms. The molecule has 5 rings (SSSR count). The smallest absolute Gasteiger partial charge is 0.254 e. The van der Waals surface area contributed by atoms with E-state index in [0.717, 1.165) is 48.8 Å². The van der Waals surface area contributed by atoms with Crippen LogP contribution in [0.2, 0.25) is 0 Å². The number of carbonyl (C=O) groups is 1. The van der Waals surface area contributed by atoms with Crippen molar-refractivity contribution in [3.63, 3.8) is 0 Å². The topological polar surface area (TPSA) is 124 Å². The van der Waals surface area contributed by atoms with E-state index in [2.05, 4.69) is 74.7 Å². The van der Waals surface area contributed by atoms with E-state index in [-0.39, 0.29) is 17.6 Å². The molecule has 180 valence electrons. The van der Waals surface area contributed by atoms with Crippen LogP contribution in [0.15, 0.2) is 60.9 Å². The maximum atomic E-state index is 12.1. The number of primary amides is 1. The van der Waals surface area contributed by atoms with Gasteiger partial charge in [-0.05, 0) is 43.5 Å². The van der Waals surface area contributed by atoms with Gasteiger partial charge in [-0.3, -0.25) is 4.79 Å². The lowest BCUT2D eigenvalue weighted by Gasteiger charge is -2.29. The van der Waals surface area contributed by atoms with Gasteiger partial charge in [-0.25, -0.2) is 4.98 Å². The molecule has 1 amide bonds. The van der Waals surface area contributed by atoms with Gasteiger partial charge in [-0.1, -0.05) is 48.7 Å². The summed E-state index contributed by atoms with van der Waals surface area (Å²) in [5, 5.41) is 7.71.